The van der Waals surface area contributed by atoms with Gasteiger partial charge < -0.3 is 15.2 Å². The Morgan fingerprint density at radius 3 is 2.47 bits per heavy atom. The summed E-state index contributed by atoms with van der Waals surface area (Å²) >= 11 is 0. The Kier molecular flexibility index (Phi) is 4.66. The average molecular weight is 406 g/mol. The average Bonchev–Trinajstić information content (AvgIpc) is 3.50. The van der Waals surface area contributed by atoms with Gasteiger partial charge in [0.05, 0.1) is 24.4 Å². The largest absolute Gasteiger partial charge is 0.393 e. The van der Waals surface area contributed by atoms with Crippen LogP contribution >= 0.6 is 0 Å². The predicted octanol–water partition coefficient (Wildman–Crippen LogP) is 4.72. The molecule has 0 bridgehead atoms. The highest BCUT2D eigenvalue weighted by Crippen LogP contribution is 2.90. The fourth-order valence-corrected chi connectivity index (χ4v) is 6.79. The second-order valence-electron chi connectivity index (χ2n) is 10.3. The lowest BCUT2D eigenvalue weighted by Crippen LogP contribution is -2.36. The van der Waals surface area contributed by atoms with Gasteiger partial charge in [-0.05, 0) is 70.1 Å². The van der Waals surface area contributed by atoms with E-state index in [-0.39, 0.29) is 24.4 Å². The number of aliphatic hydroxyl groups excluding tert-OH is 1. The van der Waals surface area contributed by atoms with Crippen LogP contribution in [0.2, 0.25) is 0 Å². The van der Waals surface area contributed by atoms with Gasteiger partial charge in [0, 0.05) is 17.4 Å². The lowest BCUT2D eigenvalue weighted by atomic mass is 9.90. The lowest BCUT2D eigenvalue weighted by Gasteiger charge is -2.29. The SMILES string of the molecule is Cc1cc(C)cc(C23C[C@]24c2ccccc2C([C@H](C)OC(C)CC(C)O)NCC34)c1. The highest BCUT2D eigenvalue weighted by molar-refractivity contribution is 5.67. The number of rotatable bonds is 6. The molecule has 5 rings (SSSR count). The van der Waals surface area contributed by atoms with E-state index in [0.717, 1.165) is 6.54 Å². The maximum atomic E-state index is 9.71. The number of hydrogen-bond donors (Lipinski definition) is 2. The summed E-state index contributed by atoms with van der Waals surface area (Å²) < 4.78 is 6.33. The van der Waals surface area contributed by atoms with Crippen LogP contribution in [0.25, 0.3) is 0 Å². The first-order chi connectivity index (χ1) is 14.3. The van der Waals surface area contributed by atoms with Gasteiger partial charge in [0.2, 0.25) is 0 Å². The van der Waals surface area contributed by atoms with Gasteiger partial charge in [-0.2, -0.15) is 0 Å². The molecule has 1 aliphatic heterocycles. The van der Waals surface area contributed by atoms with E-state index < -0.39 is 0 Å². The summed E-state index contributed by atoms with van der Waals surface area (Å²) in [6, 6.07) is 16.3. The minimum Gasteiger partial charge on any atom is -0.393 e. The van der Waals surface area contributed by atoms with Crippen LogP contribution in [0.3, 0.4) is 0 Å². The van der Waals surface area contributed by atoms with E-state index in [1.54, 1.807) is 0 Å². The zero-order valence-corrected chi connectivity index (χ0v) is 18.9. The molecule has 2 saturated carbocycles. The van der Waals surface area contributed by atoms with Crippen molar-refractivity contribution in [1.82, 2.24) is 5.32 Å². The summed E-state index contributed by atoms with van der Waals surface area (Å²) in [4.78, 5) is 0. The fourth-order valence-electron chi connectivity index (χ4n) is 6.79. The molecular formula is C27H35NO2. The van der Waals surface area contributed by atoms with Crippen molar-refractivity contribution in [1.29, 1.82) is 0 Å². The number of benzene rings is 2. The second-order valence-corrected chi connectivity index (χ2v) is 10.3. The molecule has 2 aromatic rings. The number of aryl methyl sites for hydroxylation is 2. The molecular weight excluding hydrogens is 370 g/mol. The van der Waals surface area contributed by atoms with Crippen molar-refractivity contribution in [3.05, 3.63) is 70.3 Å². The standard InChI is InChI=1S/C27H35NO2/c1-16-10-17(2)12-21(11-16)26-15-27(26)23-9-7-6-8-22(23)25(28-14-24(26)27)20(5)30-19(4)13-18(3)29/h6-12,18-20,24-25,28-29H,13-15H2,1-5H3/t18?,19?,20-,24?,25?,26?,27+/m0/s1. The monoisotopic (exact) mass is 405 g/mol. The van der Waals surface area contributed by atoms with Crippen LogP contribution in [0.5, 0.6) is 0 Å². The number of hydrogen-bond acceptors (Lipinski definition) is 3. The Morgan fingerprint density at radius 2 is 1.77 bits per heavy atom. The molecule has 0 saturated heterocycles. The van der Waals surface area contributed by atoms with E-state index in [2.05, 4.69) is 75.5 Å². The topological polar surface area (TPSA) is 41.5 Å². The van der Waals surface area contributed by atoms with Crippen LogP contribution < -0.4 is 5.32 Å². The van der Waals surface area contributed by atoms with Gasteiger partial charge in [0.15, 0.2) is 0 Å². The van der Waals surface area contributed by atoms with E-state index in [9.17, 15) is 5.11 Å². The van der Waals surface area contributed by atoms with Crippen molar-refractivity contribution in [3.63, 3.8) is 0 Å². The molecule has 3 aliphatic rings. The first kappa shape index (κ1) is 20.2. The number of nitrogens with one attached hydrogen (secondary N) is 1. The Balaban J connectivity index is 1.46. The number of ether oxygens (including phenoxy) is 1. The third-order valence-corrected chi connectivity index (χ3v) is 7.98. The minimum absolute atomic E-state index is 0.0418. The van der Waals surface area contributed by atoms with Crippen molar-refractivity contribution in [3.8, 4) is 0 Å². The summed E-state index contributed by atoms with van der Waals surface area (Å²) in [6.45, 7) is 11.5. The maximum Gasteiger partial charge on any atom is 0.0745 e. The zero-order valence-electron chi connectivity index (χ0n) is 18.9. The van der Waals surface area contributed by atoms with Crippen molar-refractivity contribution < 1.29 is 9.84 Å². The van der Waals surface area contributed by atoms with Crippen molar-refractivity contribution in [2.45, 2.75) is 82.6 Å². The molecule has 0 amide bonds. The fraction of sp³-hybridized carbons (Fsp3) is 0.556. The predicted molar refractivity (Wildman–Crippen MR) is 121 cm³/mol. The Hall–Kier alpha value is -1.68. The van der Waals surface area contributed by atoms with Crippen LogP contribution in [-0.4, -0.2) is 30.0 Å². The maximum absolute atomic E-state index is 9.71. The summed E-state index contributed by atoms with van der Waals surface area (Å²) in [7, 11) is 0. The molecule has 5 unspecified atom stereocenters. The van der Waals surface area contributed by atoms with Gasteiger partial charge in [0.25, 0.3) is 0 Å². The number of aliphatic hydroxyl groups is 1. The molecule has 7 atom stereocenters. The van der Waals surface area contributed by atoms with E-state index >= 15 is 0 Å². The summed E-state index contributed by atoms with van der Waals surface area (Å²) in [5.41, 5.74) is 7.84. The van der Waals surface area contributed by atoms with E-state index in [4.69, 9.17) is 4.74 Å². The van der Waals surface area contributed by atoms with Gasteiger partial charge in [0.1, 0.15) is 0 Å². The first-order valence-electron chi connectivity index (χ1n) is 11.5. The molecule has 0 aromatic heterocycles. The van der Waals surface area contributed by atoms with Gasteiger partial charge in [-0.1, -0.05) is 53.6 Å². The van der Waals surface area contributed by atoms with Crippen LogP contribution in [0.1, 0.15) is 67.5 Å². The molecule has 2 aliphatic carbocycles. The molecule has 0 radical (unpaired) electrons. The number of fused-ring (bicyclic) bond motifs is 2. The van der Waals surface area contributed by atoms with Gasteiger partial charge in [-0.3, -0.25) is 0 Å². The molecule has 30 heavy (non-hydrogen) atoms. The molecule has 2 N–H and O–H groups in total. The quantitative estimate of drug-likeness (QED) is 0.731. The van der Waals surface area contributed by atoms with Crippen molar-refractivity contribution >= 4 is 0 Å². The third-order valence-electron chi connectivity index (χ3n) is 7.98. The van der Waals surface area contributed by atoms with E-state index in [1.165, 1.54) is 34.2 Å². The highest BCUT2D eigenvalue weighted by atomic mass is 16.5. The Morgan fingerprint density at radius 1 is 1.07 bits per heavy atom. The molecule has 3 nitrogen and oxygen atoms in total. The first-order valence-corrected chi connectivity index (χ1v) is 11.5. The van der Waals surface area contributed by atoms with E-state index in [0.29, 0.717) is 23.2 Å². The van der Waals surface area contributed by atoms with E-state index in [1.807, 2.05) is 6.92 Å². The van der Waals surface area contributed by atoms with Gasteiger partial charge in [-0.15, -0.1) is 0 Å². The Labute approximate surface area is 180 Å². The molecule has 1 heterocycles. The zero-order chi connectivity index (χ0) is 21.3. The Bertz CT molecular complexity index is 949. The third kappa shape index (κ3) is 2.82. The van der Waals surface area contributed by atoms with Gasteiger partial charge >= 0.3 is 0 Å². The van der Waals surface area contributed by atoms with Crippen LogP contribution in [0.15, 0.2) is 42.5 Å². The molecule has 2 aromatic carbocycles. The second kappa shape index (κ2) is 6.91. The van der Waals surface area contributed by atoms with Gasteiger partial charge in [-0.25, -0.2) is 0 Å². The summed E-state index contributed by atoms with van der Waals surface area (Å²) in [6.07, 6.45) is 1.70. The summed E-state index contributed by atoms with van der Waals surface area (Å²) in [5, 5.41) is 13.6. The highest BCUT2D eigenvalue weighted by Gasteiger charge is 2.91. The van der Waals surface area contributed by atoms with Crippen molar-refractivity contribution in [2.75, 3.05) is 6.54 Å². The molecule has 3 heteroatoms. The van der Waals surface area contributed by atoms with Crippen LogP contribution in [0.4, 0.5) is 0 Å². The smallest absolute Gasteiger partial charge is 0.0745 e. The normalized spacial score (nSPS) is 34.1. The van der Waals surface area contributed by atoms with Crippen LogP contribution in [-0.2, 0) is 15.6 Å². The minimum atomic E-state index is -0.335. The molecule has 160 valence electrons. The van der Waals surface area contributed by atoms with Crippen LogP contribution in [0, 0.1) is 19.8 Å². The molecule has 2 fully saturated rings. The summed E-state index contributed by atoms with van der Waals surface area (Å²) in [5.74, 6) is 0.666. The van der Waals surface area contributed by atoms with Crippen molar-refractivity contribution in [2.24, 2.45) is 5.92 Å². The molecule has 1 spiro atoms. The lowest BCUT2D eigenvalue weighted by molar-refractivity contribution is -0.0322.